The van der Waals surface area contributed by atoms with Crippen LogP contribution >= 0.6 is 0 Å². The Hall–Kier alpha value is -2.97. The van der Waals surface area contributed by atoms with E-state index in [-0.39, 0.29) is 12.8 Å². The molecule has 1 aliphatic rings. The molecule has 24 heavy (non-hydrogen) atoms. The fourth-order valence-electron chi connectivity index (χ4n) is 2.01. The van der Waals surface area contributed by atoms with Crippen molar-refractivity contribution >= 4 is 29.5 Å². The standard InChI is InChI=1S/C15H16FN3O5/c1-8(13(21)17-10-4-2-9(16)3-5-10)24-12(20)7-6-11-14(22)19-15(23)18-11/h2-5,8,11H,6-7H2,1H3,(H,17,21)(H2,18,19,22,23)/t8-,11-/m1/s1. The molecule has 1 aromatic carbocycles. The molecule has 128 valence electrons. The molecule has 1 saturated heterocycles. The van der Waals surface area contributed by atoms with E-state index in [9.17, 15) is 23.6 Å². The highest BCUT2D eigenvalue weighted by atomic mass is 19.1. The molecular weight excluding hydrogens is 321 g/mol. The number of carbonyl (C=O) groups is 4. The Labute approximate surface area is 136 Å². The number of benzene rings is 1. The Morgan fingerprint density at radius 2 is 1.96 bits per heavy atom. The minimum Gasteiger partial charge on any atom is -0.453 e. The first kappa shape index (κ1) is 17.4. The Morgan fingerprint density at radius 3 is 2.54 bits per heavy atom. The zero-order valence-corrected chi connectivity index (χ0v) is 12.8. The van der Waals surface area contributed by atoms with Crippen LogP contribution < -0.4 is 16.0 Å². The number of hydrogen-bond acceptors (Lipinski definition) is 5. The van der Waals surface area contributed by atoms with Crippen molar-refractivity contribution in [2.75, 3.05) is 5.32 Å². The maximum Gasteiger partial charge on any atom is 0.322 e. The van der Waals surface area contributed by atoms with Crippen LogP contribution in [0.2, 0.25) is 0 Å². The molecule has 0 unspecified atom stereocenters. The molecule has 1 heterocycles. The van der Waals surface area contributed by atoms with Crippen LogP contribution in [0.1, 0.15) is 19.8 Å². The summed E-state index contributed by atoms with van der Waals surface area (Å²) in [5.41, 5.74) is 0.370. The van der Waals surface area contributed by atoms with Crippen LogP contribution in [0, 0.1) is 5.82 Å². The summed E-state index contributed by atoms with van der Waals surface area (Å²) >= 11 is 0. The van der Waals surface area contributed by atoms with Gasteiger partial charge in [0.05, 0.1) is 0 Å². The summed E-state index contributed by atoms with van der Waals surface area (Å²) in [6.07, 6.45) is -1.12. The Morgan fingerprint density at radius 1 is 1.29 bits per heavy atom. The highest BCUT2D eigenvalue weighted by molar-refractivity contribution is 6.04. The third-order valence-corrected chi connectivity index (χ3v) is 3.28. The lowest BCUT2D eigenvalue weighted by atomic mass is 10.1. The quantitative estimate of drug-likeness (QED) is 0.522. The lowest BCUT2D eigenvalue weighted by molar-refractivity contribution is -0.153. The topological polar surface area (TPSA) is 114 Å². The van der Waals surface area contributed by atoms with Crippen LogP contribution in [0.3, 0.4) is 0 Å². The smallest absolute Gasteiger partial charge is 0.322 e. The van der Waals surface area contributed by atoms with E-state index in [0.717, 1.165) is 0 Å². The van der Waals surface area contributed by atoms with Gasteiger partial charge in [-0.2, -0.15) is 0 Å². The summed E-state index contributed by atoms with van der Waals surface area (Å²) in [5.74, 6) is -2.18. The highest BCUT2D eigenvalue weighted by Gasteiger charge is 2.30. The van der Waals surface area contributed by atoms with Gasteiger partial charge in [-0.15, -0.1) is 0 Å². The average molecular weight is 337 g/mol. The van der Waals surface area contributed by atoms with E-state index in [1.165, 1.54) is 31.2 Å². The van der Waals surface area contributed by atoms with E-state index >= 15 is 0 Å². The van der Waals surface area contributed by atoms with Gasteiger partial charge in [0.15, 0.2) is 6.10 Å². The molecule has 1 aliphatic heterocycles. The number of rotatable bonds is 6. The van der Waals surface area contributed by atoms with Gasteiger partial charge in [-0.1, -0.05) is 0 Å². The maximum atomic E-state index is 12.8. The van der Waals surface area contributed by atoms with Crippen LogP contribution in [0.15, 0.2) is 24.3 Å². The van der Waals surface area contributed by atoms with Crippen molar-refractivity contribution < 1.29 is 28.3 Å². The molecule has 0 aliphatic carbocycles. The molecule has 2 rings (SSSR count). The second-order valence-electron chi connectivity index (χ2n) is 5.18. The van der Waals surface area contributed by atoms with Crippen LogP contribution in [-0.4, -0.2) is 36.0 Å². The van der Waals surface area contributed by atoms with Gasteiger partial charge in [0.1, 0.15) is 11.9 Å². The largest absolute Gasteiger partial charge is 0.453 e. The first-order chi connectivity index (χ1) is 11.3. The summed E-state index contributed by atoms with van der Waals surface area (Å²) < 4.78 is 17.7. The molecule has 0 saturated carbocycles. The molecule has 0 radical (unpaired) electrons. The van der Waals surface area contributed by atoms with E-state index in [2.05, 4.69) is 10.6 Å². The number of carbonyl (C=O) groups excluding carboxylic acids is 4. The number of esters is 1. The second kappa shape index (κ2) is 7.53. The van der Waals surface area contributed by atoms with Crippen molar-refractivity contribution in [1.82, 2.24) is 10.6 Å². The normalized spacial score (nSPS) is 17.7. The number of nitrogens with one attached hydrogen (secondary N) is 3. The first-order valence-corrected chi connectivity index (χ1v) is 7.22. The van der Waals surface area contributed by atoms with Gasteiger partial charge in [-0.3, -0.25) is 19.7 Å². The van der Waals surface area contributed by atoms with Gasteiger partial charge in [-0.25, -0.2) is 9.18 Å². The molecule has 0 spiro atoms. The van der Waals surface area contributed by atoms with Crippen LogP contribution in [-0.2, 0) is 19.1 Å². The molecule has 0 bridgehead atoms. The summed E-state index contributed by atoms with van der Waals surface area (Å²) in [7, 11) is 0. The minimum absolute atomic E-state index is 0.0721. The Balaban J connectivity index is 1.76. The SMILES string of the molecule is C[C@@H](OC(=O)CC[C@H]1NC(=O)NC1=O)C(=O)Nc1ccc(F)cc1. The van der Waals surface area contributed by atoms with Gasteiger partial charge in [0.25, 0.3) is 11.8 Å². The predicted molar refractivity (Wildman–Crippen MR) is 80.3 cm³/mol. The fraction of sp³-hybridized carbons (Fsp3) is 0.333. The van der Waals surface area contributed by atoms with Crippen molar-refractivity contribution in [1.29, 1.82) is 0 Å². The number of imide groups is 1. The zero-order valence-electron chi connectivity index (χ0n) is 12.8. The number of halogens is 1. The molecule has 3 N–H and O–H groups in total. The molecule has 1 fully saturated rings. The molecule has 1 aromatic rings. The van der Waals surface area contributed by atoms with Crippen LogP contribution in [0.25, 0.3) is 0 Å². The van der Waals surface area contributed by atoms with Crippen molar-refractivity contribution in [2.24, 2.45) is 0 Å². The number of urea groups is 1. The summed E-state index contributed by atoms with van der Waals surface area (Å²) in [6, 6.07) is 3.74. The Kier molecular flexibility index (Phi) is 5.46. The number of amides is 4. The number of anilines is 1. The predicted octanol–water partition coefficient (Wildman–Crippen LogP) is 0.684. The molecule has 2 atom stereocenters. The fourth-order valence-corrected chi connectivity index (χ4v) is 2.01. The zero-order chi connectivity index (χ0) is 17.7. The molecular formula is C15H16FN3O5. The third kappa shape index (κ3) is 4.77. The summed E-state index contributed by atoms with van der Waals surface area (Å²) in [5, 5.41) is 6.88. The van der Waals surface area contributed by atoms with Crippen LogP contribution in [0.4, 0.5) is 14.9 Å². The molecule has 9 heteroatoms. The van der Waals surface area contributed by atoms with Gasteiger partial charge in [0, 0.05) is 12.1 Å². The lowest BCUT2D eigenvalue weighted by Crippen LogP contribution is -2.32. The molecule has 4 amide bonds. The number of hydrogen-bond donors (Lipinski definition) is 3. The van der Waals surface area contributed by atoms with Crippen LogP contribution in [0.5, 0.6) is 0 Å². The average Bonchev–Trinajstić information content (AvgIpc) is 2.85. The van der Waals surface area contributed by atoms with E-state index in [1.807, 2.05) is 5.32 Å². The monoisotopic (exact) mass is 337 g/mol. The second-order valence-corrected chi connectivity index (χ2v) is 5.18. The van der Waals surface area contributed by atoms with E-state index in [0.29, 0.717) is 5.69 Å². The molecule has 8 nitrogen and oxygen atoms in total. The van der Waals surface area contributed by atoms with Gasteiger partial charge in [-0.05, 0) is 37.6 Å². The number of ether oxygens (including phenoxy) is 1. The Bertz CT molecular complexity index is 662. The minimum atomic E-state index is -1.06. The first-order valence-electron chi connectivity index (χ1n) is 7.22. The van der Waals surface area contributed by atoms with Gasteiger partial charge >= 0.3 is 12.0 Å². The van der Waals surface area contributed by atoms with Gasteiger partial charge < -0.3 is 15.4 Å². The maximum absolute atomic E-state index is 12.8. The molecule has 0 aromatic heterocycles. The van der Waals surface area contributed by atoms with Crippen molar-refractivity contribution in [2.45, 2.75) is 31.9 Å². The highest BCUT2D eigenvalue weighted by Crippen LogP contribution is 2.10. The third-order valence-electron chi connectivity index (χ3n) is 3.28. The summed E-state index contributed by atoms with van der Waals surface area (Å²) in [4.78, 5) is 45.8. The van der Waals surface area contributed by atoms with Gasteiger partial charge in [0.2, 0.25) is 0 Å². The van der Waals surface area contributed by atoms with Crippen molar-refractivity contribution in [3.8, 4) is 0 Å². The van der Waals surface area contributed by atoms with E-state index in [1.54, 1.807) is 0 Å². The lowest BCUT2D eigenvalue weighted by Gasteiger charge is -2.14. The summed E-state index contributed by atoms with van der Waals surface area (Å²) in [6.45, 7) is 1.39. The van der Waals surface area contributed by atoms with Crippen molar-refractivity contribution in [3.63, 3.8) is 0 Å². The van der Waals surface area contributed by atoms with E-state index in [4.69, 9.17) is 4.74 Å². The van der Waals surface area contributed by atoms with Crippen molar-refractivity contribution in [3.05, 3.63) is 30.1 Å². The van der Waals surface area contributed by atoms with E-state index < -0.39 is 41.8 Å².